The van der Waals surface area contributed by atoms with Gasteiger partial charge in [0, 0.05) is 11.3 Å². The standard InChI is InChI=1S/C16H25NO2S/c1-12-7-6-8-14(11-12)19-9-10-20-13(2)15(18)17-16(3,4)5/h6-8,11,13H,9-10H2,1-5H3,(H,17,18)/t13-/m0/s1. The zero-order valence-corrected chi connectivity index (χ0v) is 13.8. The molecule has 1 atom stereocenters. The third-order valence-electron chi connectivity index (χ3n) is 2.58. The molecule has 112 valence electrons. The largest absolute Gasteiger partial charge is 0.493 e. The van der Waals surface area contributed by atoms with Gasteiger partial charge >= 0.3 is 0 Å². The van der Waals surface area contributed by atoms with Crippen LogP contribution in [0.4, 0.5) is 0 Å². The second-order valence-electron chi connectivity index (χ2n) is 5.92. The summed E-state index contributed by atoms with van der Waals surface area (Å²) in [5.41, 5.74) is 1.01. The Morgan fingerprint density at radius 2 is 2.10 bits per heavy atom. The van der Waals surface area contributed by atoms with Gasteiger partial charge in [0.15, 0.2) is 0 Å². The van der Waals surface area contributed by atoms with Crippen molar-refractivity contribution in [1.82, 2.24) is 5.32 Å². The highest BCUT2D eigenvalue weighted by atomic mass is 32.2. The molecule has 0 bridgehead atoms. The first-order valence-corrected chi connectivity index (χ1v) is 7.96. The van der Waals surface area contributed by atoms with Crippen LogP contribution < -0.4 is 10.1 Å². The molecule has 1 aromatic carbocycles. The van der Waals surface area contributed by atoms with Crippen LogP contribution in [-0.4, -0.2) is 29.1 Å². The van der Waals surface area contributed by atoms with Crippen LogP contribution in [0.25, 0.3) is 0 Å². The van der Waals surface area contributed by atoms with E-state index in [1.165, 1.54) is 5.56 Å². The molecule has 0 aromatic heterocycles. The molecule has 1 amide bonds. The highest BCUT2D eigenvalue weighted by molar-refractivity contribution is 8.00. The number of carbonyl (C=O) groups excluding carboxylic acids is 1. The third kappa shape index (κ3) is 6.85. The molecule has 0 heterocycles. The molecule has 3 nitrogen and oxygen atoms in total. The minimum absolute atomic E-state index is 0.0599. The van der Waals surface area contributed by atoms with Crippen LogP contribution in [0, 0.1) is 6.92 Å². The van der Waals surface area contributed by atoms with E-state index in [4.69, 9.17) is 4.74 Å². The number of nitrogens with one attached hydrogen (secondary N) is 1. The maximum atomic E-state index is 11.9. The van der Waals surface area contributed by atoms with E-state index in [0.29, 0.717) is 6.61 Å². The van der Waals surface area contributed by atoms with E-state index in [1.807, 2.05) is 58.9 Å². The summed E-state index contributed by atoms with van der Waals surface area (Å²) in [7, 11) is 0. The lowest BCUT2D eigenvalue weighted by molar-refractivity contribution is -0.121. The SMILES string of the molecule is Cc1cccc(OCCS[C@@H](C)C(=O)NC(C)(C)C)c1. The molecule has 0 saturated heterocycles. The minimum atomic E-state index is -0.177. The number of benzene rings is 1. The van der Waals surface area contributed by atoms with Gasteiger partial charge in [0.2, 0.25) is 5.91 Å². The summed E-state index contributed by atoms with van der Waals surface area (Å²) in [6.07, 6.45) is 0. The highest BCUT2D eigenvalue weighted by Gasteiger charge is 2.19. The lowest BCUT2D eigenvalue weighted by atomic mass is 10.1. The fourth-order valence-electron chi connectivity index (χ4n) is 1.64. The molecule has 1 rings (SSSR count). The van der Waals surface area contributed by atoms with Crippen LogP contribution in [0.5, 0.6) is 5.75 Å². The summed E-state index contributed by atoms with van der Waals surface area (Å²) in [6, 6.07) is 7.99. The topological polar surface area (TPSA) is 38.3 Å². The van der Waals surface area contributed by atoms with Gasteiger partial charge in [-0.3, -0.25) is 4.79 Å². The molecule has 0 aliphatic carbocycles. The molecule has 0 radical (unpaired) electrons. The summed E-state index contributed by atoms with van der Waals surface area (Å²) in [6.45, 7) is 10.6. The average Bonchev–Trinajstić information content (AvgIpc) is 2.32. The van der Waals surface area contributed by atoms with E-state index in [9.17, 15) is 4.79 Å². The molecule has 4 heteroatoms. The molecular formula is C16H25NO2S. The lowest BCUT2D eigenvalue weighted by Gasteiger charge is -2.23. The summed E-state index contributed by atoms with van der Waals surface area (Å²) in [5, 5.41) is 2.92. The van der Waals surface area contributed by atoms with Crippen molar-refractivity contribution in [3.05, 3.63) is 29.8 Å². The quantitative estimate of drug-likeness (QED) is 0.817. The van der Waals surface area contributed by atoms with E-state index >= 15 is 0 Å². The summed E-state index contributed by atoms with van der Waals surface area (Å²) >= 11 is 1.61. The van der Waals surface area contributed by atoms with Crippen molar-refractivity contribution in [2.75, 3.05) is 12.4 Å². The summed E-state index contributed by atoms with van der Waals surface area (Å²) in [5.74, 6) is 1.77. The Bertz CT molecular complexity index is 440. The molecule has 1 N–H and O–H groups in total. The second kappa shape index (κ2) is 7.58. The van der Waals surface area contributed by atoms with E-state index in [1.54, 1.807) is 11.8 Å². The van der Waals surface area contributed by atoms with Crippen molar-refractivity contribution in [3.8, 4) is 5.75 Å². The van der Waals surface area contributed by atoms with Crippen molar-refractivity contribution in [1.29, 1.82) is 0 Å². The maximum Gasteiger partial charge on any atom is 0.233 e. The van der Waals surface area contributed by atoms with Crippen molar-refractivity contribution >= 4 is 17.7 Å². The lowest BCUT2D eigenvalue weighted by Crippen LogP contribution is -2.44. The van der Waals surface area contributed by atoms with Crippen molar-refractivity contribution < 1.29 is 9.53 Å². The second-order valence-corrected chi connectivity index (χ2v) is 7.37. The summed E-state index contributed by atoms with van der Waals surface area (Å²) < 4.78 is 5.67. The molecule has 0 aliphatic rings. The monoisotopic (exact) mass is 295 g/mol. The Hall–Kier alpha value is -1.16. The van der Waals surface area contributed by atoms with E-state index in [-0.39, 0.29) is 16.7 Å². The Kier molecular flexibility index (Phi) is 6.40. The van der Waals surface area contributed by atoms with Crippen molar-refractivity contribution in [2.45, 2.75) is 45.4 Å². The van der Waals surface area contributed by atoms with Gasteiger partial charge in [-0.15, -0.1) is 11.8 Å². The maximum absolute atomic E-state index is 11.9. The van der Waals surface area contributed by atoms with Crippen molar-refractivity contribution in [2.24, 2.45) is 0 Å². The van der Waals surface area contributed by atoms with Crippen LogP contribution in [-0.2, 0) is 4.79 Å². The molecular weight excluding hydrogens is 270 g/mol. The predicted octanol–water partition coefficient (Wildman–Crippen LogP) is 3.41. The zero-order valence-electron chi connectivity index (χ0n) is 13.0. The van der Waals surface area contributed by atoms with Gasteiger partial charge < -0.3 is 10.1 Å². The van der Waals surface area contributed by atoms with Crippen LogP contribution in [0.1, 0.15) is 33.3 Å². The fraction of sp³-hybridized carbons (Fsp3) is 0.562. The van der Waals surface area contributed by atoms with Gasteiger partial charge in [0.05, 0.1) is 11.9 Å². The van der Waals surface area contributed by atoms with E-state index in [0.717, 1.165) is 11.5 Å². The Morgan fingerprint density at radius 3 is 2.70 bits per heavy atom. The molecule has 0 spiro atoms. The first-order valence-electron chi connectivity index (χ1n) is 6.91. The normalized spacial score (nSPS) is 12.8. The average molecular weight is 295 g/mol. The van der Waals surface area contributed by atoms with E-state index in [2.05, 4.69) is 5.32 Å². The minimum Gasteiger partial charge on any atom is -0.493 e. The van der Waals surface area contributed by atoms with Gasteiger partial charge in [0.25, 0.3) is 0 Å². The Labute approximate surface area is 126 Å². The zero-order chi connectivity index (χ0) is 15.2. The first-order chi connectivity index (χ1) is 9.28. The van der Waals surface area contributed by atoms with Gasteiger partial charge in [-0.05, 0) is 52.3 Å². The number of thioether (sulfide) groups is 1. The molecule has 0 aliphatic heterocycles. The van der Waals surface area contributed by atoms with Crippen molar-refractivity contribution in [3.63, 3.8) is 0 Å². The molecule has 0 unspecified atom stereocenters. The number of carbonyl (C=O) groups is 1. The van der Waals surface area contributed by atoms with Crippen LogP contribution >= 0.6 is 11.8 Å². The molecule has 0 fully saturated rings. The van der Waals surface area contributed by atoms with E-state index < -0.39 is 0 Å². The summed E-state index contributed by atoms with van der Waals surface area (Å²) in [4.78, 5) is 11.9. The molecule has 1 aromatic rings. The van der Waals surface area contributed by atoms with Gasteiger partial charge in [0.1, 0.15) is 5.75 Å². The number of rotatable bonds is 6. The number of amides is 1. The number of hydrogen-bond acceptors (Lipinski definition) is 3. The van der Waals surface area contributed by atoms with Gasteiger partial charge in [-0.2, -0.15) is 0 Å². The van der Waals surface area contributed by atoms with Gasteiger partial charge in [-0.25, -0.2) is 0 Å². The van der Waals surface area contributed by atoms with Crippen LogP contribution in [0.2, 0.25) is 0 Å². The van der Waals surface area contributed by atoms with Gasteiger partial charge in [-0.1, -0.05) is 12.1 Å². The molecule has 0 saturated carbocycles. The number of ether oxygens (including phenoxy) is 1. The fourth-order valence-corrected chi connectivity index (χ4v) is 2.38. The van der Waals surface area contributed by atoms with Crippen LogP contribution in [0.3, 0.4) is 0 Å². The highest BCUT2D eigenvalue weighted by Crippen LogP contribution is 2.15. The molecule has 20 heavy (non-hydrogen) atoms. The smallest absolute Gasteiger partial charge is 0.233 e. The predicted molar refractivity (Wildman–Crippen MR) is 86.5 cm³/mol. The first kappa shape index (κ1) is 16.9. The Balaban J connectivity index is 2.25. The van der Waals surface area contributed by atoms with Crippen LogP contribution in [0.15, 0.2) is 24.3 Å². The number of aryl methyl sites for hydroxylation is 1. The third-order valence-corrected chi connectivity index (χ3v) is 3.69. The number of hydrogen-bond donors (Lipinski definition) is 1. The Morgan fingerprint density at radius 1 is 1.40 bits per heavy atom.